The lowest BCUT2D eigenvalue weighted by Gasteiger charge is -2.10. The maximum Gasteiger partial charge on any atom is 0.219 e. The summed E-state index contributed by atoms with van der Waals surface area (Å²) in [5.41, 5.74) is 0. The molecule has 0 aromatic rings. The molecular formula is C9H19NO3. The van der Waals surface area contributed by atoms with E-state index in [9.17, 15) is 4.79 Å². The van der Waals surface area contributed by atoms with Crippen LogP contribution in [0.4, 0.5) is 0 Å². The highest BCUT2D eigenvalue weighted by atomic mass is 16.3. The van der Waals surface area contributed by atoms with Crippen molar-refractivity contribution < 1.29 is 15.0 Å². The van der Waals surface area contributed by atoms with Crippen LogP contribution >= 0.6 is 0 Å². The molecule has 0 saturated heterocycles. The molecule has 0 unspecified atom stereocenters. The molecule has 0 atom stereocenters. The number of rotatable bonds is 7. The summed E-state index contributed by atoms with van der Waals surface area (Å²) < 4.78 is 0. The summed E-state index contributed by atoms with van der Waals surface area (Å²) in [5, 5.41) is 20.2. The van der Waals surface area contributed by atoms with E-state index in [1.54, 1.807) is 6.92 Å². The average Bonchev–Trinajstić information content (AvgIpc) is 2.18. The van der Waals surface area contributed by atoms with Crippen molar-refractivity contribution in [3.05, 3.63) is 0 Å². The van der Waals surface area contributed by atoms with Gasteiger partial charge in [-0.25, -0.2) is 0 Å². The van der Waals surface area contributed by atoms with E-state index in [4.69, 9.17) is 10.2 Å². The average molecular weight is 189 g/mol. The molecule has 0 bridgehead atoms. The first kappa shape index (κ1) is 12.4. The van der Waals surface area contributed by atoms with Crippen molar-refractivity contribution in [2.75, 3.05) is 19.8 Å². The van der Waals surface area contributed by atoms with Crippen molar-refractivity contribution >= 4 is 5.91 Å². The molecule has 0 spiro atoms. The SMILES string of the molecule is CCC(=O)NCCCC(CO)CO. The smallest absolute Gasteiger partial charge is 0.219 e. The number of carbonyl (C=O) groups excluding carboxylic acids is 1. The quantitative estimate of drug-likeness (QED) is 0.490. The van der Waals surface area contributed by atoms with Crippen LogP contribution in [0.1, 0.15) is 26.2 Å². The molecule has 0 aromatic heterocycles. The van der Waals surface area contributed by atoms with Gasteiger partial charge in [0.1, 0.15) is 0 Å². The van der Waals surface area contributed by atoms with E-state index in [1.807, 2.05) is 0 Å². The molecule has 0 aromatic carbocycles. The molecule has 4 heteroatoms. The number of aliphatic hydroxyl groups excluding tert-OH is 2. The van der Waals surface area contributed by atoms with Gasteiger partial charge in [-0.2, -0.15) is 0 Å². The summed E-state index contributed by atoms with van der Waals surface area (Å²) in [6.07, 6.45) is 2.05. The highest BCUT2D eigenvalue weighted by molar-refractivity contribution is 5.75. The lowest BCUT2D eigenvalue weighted by atomic mass is 10.1. The predicted molar refractivity (Wildman–Crippen MR) is 50.2 cm³/mol. The van der Waals surface area contributed by atoms with Crippen LogP contribution in [0.25, 0.3) is 0 Å². The maximum atomic E-state index is 10.8. The molecule has 0 aliphatic rings. The fourth-order valence-electron chi connectivity index (χ4n) is 0.984. The third kappa shape index (κ3) is 6.54. The van der Waals surface area contributed by atoms with Gasteiger partial charge in [-0.3, -0.25) is 4.79 Å². The number of hydrogen-bond donors (Lipinski definition) is 3. The zero-order chi connectivity index (χ0) is 10.1. The minimum atomic E-state index is -0.0430. The molecule has 4 nitrogen and oxygen atoms in total. The van der Waals surface area contributed by atoms with Crippen LogP contribution in [0.3, 0.4) is 0 Å². The molecule has 0 heterocycles. The van der Waals surface area contributed by atoms with Crippen LogP contribution in [-0.2, 0) is 4.79 Å². The van der Waals surface area contributed by atoms with E-state index in [-0.39, 0.29) is 25.0 Å². The van der Waals surface area contributed by atoms with Gasteiger partial charge in [0.05, 0.1) is 0 Å². The van der Waals surface area contributed by atoms with Crippen LogP contribution in [0.2, 0.25) is 0 Å². The Kier molecular flexibility index (Phi) is 7.63. The first-order chi connectivity index (χ1) is 6.24. The largest absolute Gasteiger partial charge is 0.396 e. The molecule has 13 heavy (non-hydrogen) atoms. The third-order valence-electron chi connectivity index (χ3n) is 1.95. The Morgan fingerprint density at radius 3 is 2.46 bits per heavy atom. The summed E-state index contributed by atoms with van der Waals surface area (Å²) in [5.74, 6) is 0.00285. The second-order valence-corrected chi connectivity index (χ2v) is 3.08. The van der Waals surface area contributed by atoms with E-state index >= 15 is 0 Å². The maximum absolute atomic E-state index is 10.8. The molecule has 0 saturated carbocycles. The first-order valence-corrected chi connectivity index (χ1v) is 4.73. The molecule has 78 valence electrons. The Bertz CT molecular complexity index is 135. The van der Waals surface area contributed by atoms with E-state index in [0.29, 0.717) is 13.0 Å². The van der Waals surface area contributed by atoms with Crippen molar-refractivity contribution in [2.45, 2.75) is 26.2 Å². The second kappa shape index (κ2) is 8.01. The Morgan fingerprint density at radius 1 is 1.38 bits per heavy atom. The highest BCUT2D eigenvalue weighted by Gasteiger charge is 2.04. The van der Waals surface area contributed by atoms with Crippen LogP contribution in [-0.4, -0.2) is 35.9 Å². The van der Waals surface area contributed by atoms with Crippen LogP contribution in [0.5, 0.6) is 0 Å². The Hall–Kier alpha value is -0.610. The van der Waals surface area contributed by atoms with Gasteiger partial charge in [0.2, 0.25) is 5.91 Å². The summed E-state index contributed by atoms with van der Waals surface area (Å²) in [6, 6.07) is 0. The number of aliphatic hydroxyl groups is 2. The topological polar surface area (TPSA) is 69.6 Å². The van der Waals surface area contributed by atoms with Crippen LogP contribution in [0.15, 0.2) is 0 Å². The molecule has 0 radical (unpaired) electrons. The Balaban J connectivity index is 3.28. The van der Waals surface area contributed by atoms with Crippen LogP contribution in [0, 0.1) is 5.92 Å². The minimum absolute atomic E-state index is 0.0121. The molecule has 3 N–H and O–H groups in total. The zero-order valence-electron chi connectivity index (χ0n) is 8.12. The normalized spacial score (nSPS) is 10.5. The van der Waals surface area contributed by atoms with Gasteiger partial charge >= 0.3 is 0 Å². The van der Waals surface area contributed by atoms with Crippen molar-refractivity contribution in [2.24, 2.45) is 5.92 Å². The molecule has 0 rings (SSSR count). The molecular weight excluding hydrogens is 170 g/mol. The van der Waals surface area contributed by atoms with Crippen molar-refractivity contribution in [1.82, 2.24) is 5.32 Å². The lowest BCUT2D eigenvalue weighted by Crippen LogP contribution is -2.24. The fraction of sp³-hybridized carbons (Fsp3) is 0.889. The van der Waals surface area contributed by atoms with Crippen molar-refractivity contribution in [1.29, 1.82) is 0 Å². The highest BCUT2D eigenvalue weighted by Crippen LogP contribution is 2.03. The number of carbonyl (C=O) groups is 1. The zero-order valence-corrected chi connectivity index (χ0v) is 8.12. The van der Waals surface area contributed by atoms with Gasteiger partial charge in [0.15, 0.2) is 0 Å². The fourth-order valence-corrected chi connectivity index (χ4v) is 0.984. The van der Waals surface area contributed by atoms with Gasteiger partial charge in [-0.05, 0) is 12.8 Å². The van der Waals surface area contributed by atoms with E-state index < -0.39 is 0 Å². The summed E-state index contributed by atoms with van der Waals surface area (Å²) in [4.78, 5) is 10.8. The van der Waals surface area contributed by atoms with Gasteiger partial charge in [-0.1, -0.05) is 6.92 Å². The number of hydrogen-bond acceptors (Lipinski definition) is 3. The summed E-state index contributed by atoms with van der Waals surface area (Å²) >= 11 is 0. The van der Waals surface area contributed by atoms with Crippen molar-refractivity contribution in [3.8, 4) is 0 Å². The van der Waals surface area contributed by atoms with Gasteiger partial charge in [0, 0.05) is 32.1 Å². The van der Waals surface area contributed by atoms with Crippen LogP contribution < -0.4 is 5.32 Å². The first-order valence-electron chi connectivity index (χ1n) is 4.73. The van der Waals surface area contributed by atoms with E-state index in [2.05, 4.69) is 5.32 Å². The van der Waals surface area contributed by atoms with Gasteiger partial charge in [0.25, 0.3) is 0 Å². The lowest BCUT2D eigenvalue weighted by molar-refractivity contribution is -0.120. The van der Waals surface area contributed by atoms with E-state index in [1.165, 1.54) is 0 Å². The number of amides is 1. The second-order valence-electron chi connectivity index (χ2n) is 3.08. The summed E-state index contributed by atoms with van der Waals surface area (Å²) in [6.45, 7) is 2.46. The summed E-state index contributed by atoms with van der Waals surface area (Å²) in [7, 11) is 0. The molecule has 1 amide bonds. The van der Waals surface area contributed by atoms with Crippen molar-refractivity contribution in [3.63, 3.8) is 0 Å². The molecule has 0 fully saturated rings. The molecule has 0 aliphatic heterocycles. The number of nitrogens with one attached hydrogen (secondary N) is 1. The standard InChI is InChI=1S/C9H19NO3/c1-2-9(13)10-5-3-4-8(6-11)7-12/h8,11-12H,2-7H2,1H3,(H,10,13). The van der Waals surface area contributed by atoms with E-state index in [0.717, 1.165) is 12.8 Å². The minimum Gasteiger partial charge on any atom is -0.396 e. The Labute approximate surface area is 79.0 Å². The van der Waals surface area contributed by atoms with Gasteiger partial charge in [-0.15, -0.1) is 0 Å². The molecule has 0 aliphatic carbocycles. The monoisotopic (exact) mass is 189 g/mol. The Morgan fingerprint density at radius 2 is 2.00 bits per heavy atom. The predicted octanol–water partition coefficient (Wildman–Crippen LogP) is -0.106. The van der Waals surface area contributed by atoms with Gasteiger partial charge < -0.3 is 15.5 Å². The third-order valence-corrected chi connectivity index (χ3v) is 1.95.